The van der Waals surface area contributed by atoms with Crippen molar-refractivity contribution in [2.24, 2.45) is 0 Å². The molecule has 0 aliphatic carbocycles. The van der Waals surface area contributed by atoms with E-state index in [-0.39, 0.29) is 34.8 Å². The summed E-state index contributed by atoms with van der Waals surface area (Å²) in [4.78, 5) is 34.2. The van der Waals surface area contributed by atoms with Crippen molar-refractivity contribution in [2.45, 2.75) is 25.5 Å². The van der Waals surface area contributed by atoms with Gasteiger partial charge in [-0.1, -0.05) is 17.7 Å². The van der Waals surface area contributed by atoms with E-state index in [1.54, 1.807) is 29.2 Å². The highest BCUT2D eigenvalue weighted by atomic mass is 35.5. The molecule has 39 heavy (non-hydrogen) atoms. The Morgan fingerprint density at radius 2 is 2.10 bits per heavy atom. The quantitative estimate of drug-likeness (QED) is 0.330. The monoisotopic (exact) mass is 554 g/mol. The number of ether oxygens (including phenoxy) is 2. The van der Waals surface area contributed by atoms with Crippen LogP contribution in [-0.2, 0) is 11.3 Å². The third kappa shape index (κ3) is 5.70. The second kappa shape index (κ2) is 11.1. The average Bonchev–Trinajstić information content (AvgIpc) is 3.40. The molecule has 1 saturated heterocycles. The molecule has 4 aromatic rings. The molecule has 11 nitrogen and oxygen atoms in total. The average molecular weight is 555 g/mol. The van der Waals surface area contributed by atoms with Gasteiger partial charge in [-0.05, 0) is 31.0 Å². The number of aromatic nitrogens is 4. The van der Waals surface area contributed by atoms with Crippen LogP contribution in [0.25, 0.3) is 10.9 Å². The first-order valence-electron chi connectivity index (χ1n) is 12.1. The molecule has 1 atom stereocenters. The lowest BCUT2D eigenvalue weighted by Gasteiger charge is -2.33. The van der Waals surface area contributed by atoms with Gasteiger partial charge in [0.25, 0.3) is 0 Å². The molecule has 0 radical (unpaired) electrons. The number of rotatable bonds is 8. The highest BCUT2D eigenvalue weighted by molar-refractivity contribution is 6.31. The van der Waals surface area contributed by atoms with Crippen LogP contribution in [0.2, 0.25) is 5.02 Å². The number of halogens is 2. The first-order valence-corrected chi connectivity index (χ1v) is 12.4. The number of aromatic carboxylic acids is 1. The fraction of sp³-hybridized carbons (Fsp3) is 0.269. The molecule has 5 rings (SSSR count). The minimum absolute atomic E-state index is 0.0157. The molecule has 0 bridgehead atoms. The lowest BCUT2D eigenvalue weighted by atomic mass is 10.1. The number of hydrogen-bond acceptors (Lipinski definition) is 8. The van der Waals surface area contributed by atoms with Crippen LogP contribution in [0.1, 0.15) is 23.2 Å². The number of piperidine rings is 1. The number of carboxylic acids is 1. The summed E-state index contributed by atoms with van der Waals surface area (Å²) in [7, 11) is 1.52. The molecule has 2 aromatic heterocycles. The molecule has 202 valence electrons. The van der Waals surface area contributed by atoms with E-state index in [2.05, 4.69) is 20.4 Å². The molecule has 1 amide bonds. The number of nitrogens with zero attached hydrogens (tertiary/aromatic N) is 5. The van der Waals surface area contributed by atoms with E-state index in [9.17, 15) is 14.0 Å². The number of nitrogens with one attached hydrogen (secondary N) is 1. The SMILES string of the molecule is COc1cc2ncnc(Nc3cccc(Cl)c3F)c2cc1O[C@@H]1CCCN(C(=O)Cn2cc(C(=O)O)cn2)C1. The molecule has 2 N–H and O–H groups in total. The van der Waals surface area contributed by atoms with E-state index < -0.39 is 11.8 Å². The zero-order valence-electron chi connectivity index (χ0n) is 20.8. The smallest absolute Gasteiger partial charge is 0.338 e. The maximum atomic E-state index is 14.5. The van der Waals surface area contributed by atoms with Crippen molar-refractivity contribution in [3.63, 3.8) is 0 Å². The zero-order valence-corrected chi connectivity index (χ0v) is 21.6. The van der Waals surface area contributed by atoms with Gasteiger partial charge in [-0.15, -0.1) is 0 Å². The van der Waals surface area contributed by atoms with Gasteiger partial charge in [0.15, 0.2) is 17.3 Å². The van der Waals surface area contributed by atoms with Gasteiger partial charge in [0, 0.05) is 24.2 Å². The first-order chi connectivity index (χ1) is 18.8. The molecule has 3 heterocycles. The summed E-state index contributed by atoms with van der Waals surface area (Å²) in [6, 6.07) is 8.06. The van der Waals surface area contributed by atoms with E-state index in [1.165, 1.54) is 36.6 Å². The van der Waals surface area contributed by atoms with Crippen molar-refractivity contribution < 1.29 is 28.6 Å². The molecule has 0 spiro atoms. The van der Waals surface area contributed by atoms with Gasteiger partial charge in [-0.3, -0.25) is 9.48 Å². The Morgan fingerprint density at radius 1 is 1.26 bits per heavy atom. The van der Waals surface area contributed by atoms with Crippen molar-refractivity contribution >= 4 is 45.9 Å². The van der Waals surface area contributed by atoms with Crippen molar-refractivity contribution in [2.75, 3.05) is 25.5 Å². The van der Waals surface area contributed by atoms with Gasteiger partial charge in [0.2, 0.25) is 5.91 Å². The van der Waals surface area contributed by atoms with Crippen LogP contribution in [0.15, 0.2) is 49.1 Å². The third-order valence-corrected chi connectivity index (χ3v) is 6.62. The number of carboxylic acid groups (broad SMARTS) is 1. The number of fused-ring (bicyclic) bond motifs is 1. The molecule has 2 aromatic carbocycles. The molecule has 13 heteroatoms. The molecule has 1 aliphatic rings. The van der Waals surface area contributed by atoms with Crippen LogP contribution in [0.4, 0.5) is 15.9 Å². The largest absolute Gasteiger partial charge is 0.493 e. The Labute approximate surface area is 227 Å². The van der Waals surface area contributed by atoms with Gasteiger partial charge in [0.05, 0.1) is 41.6 Å². The molecule has 0 saturated carbocycles. The normalized spacial score (nSPS) is 15.3. The van der Waals surface area contributed by atoms with Crippen molar-refractivity contribution in [3.05, 3.63) is 65.5 Å². The summed E-state index contributed by atoms with van der Waals surface area (Å²) < 4.78 is 27.7. The number of benzene rings is 2. The summed E-state index contributed by atoms with van der Waals surface area (Å²) in [5, 5.41) is 16.5. The lowest BCUT2D eigenvalue weighted by molar-refractivity contribution is -0.134. The minimum Gasteiger partial charge on any atom is -0.493 e. The number of anilines is 2. The summed E-state index contributed by atoms with van der Waals surface area (Å²) in [5.41, 5.74) is 0.733. The van der Waals surface area contributed by atoms with Crippen LogP contribution in [-0.4, -0.2) is 67.9 Å². The van der Waals surface area contributed by atoms with Crippen LogP contribution in [0.5, 0.6) is 11.5 Å². The Balaban J connectivity index is 1.35. The second-order valence-corrected chi connectivity index (χ2v) is 9.33. The van der Waals surface area contributed by atoms with E-state index in [4.69, 9.17) is 26.2 Å². The van der Waals surface area contributed by atoms with Crippen LogP contribution in [0.3, 0.4) is 0 Å². The number of likely N-dealkylation sites (tertiary alicyclic amines) is 1. The number of methoxy groups -OCH3 is 1. The standard InChI is InChI=1S/C26H24ClFN6O5/c1-38-21-9-20-17(25(30-14-29-20)32-19-6-2-5-18(27)24(19)28)8-22(21)39-16-4-3-7-33(12-16)23(35)13-34-11-15(10-31-34)26(36)37/h2,5-6,8-11,14,16H,3-4,7,12-13H2,1H3,(H,36,37)(H,29,30,32)/t16-/m1/s1. The minimum atomic E-state index is -1.11. The van der Waals surface area contributed by atoms with Gasteiger partial charge >= 0.3 is 5.97 Å². The second-order valence-electron chi connectivity index (χ2n) is 8.92. The molecule has 1 aliphatic heterocycles. The van der Waals surface area contributed by atoms with E-state index in [1.807, 2.05) is 0 Å². The highest BCUT2D eigenvalue weighted by Crippen LogP contribution is 2.36. The Morgan fingerprint density at radius 3 is 2.87 bits per heavy atom. The van der Waals surface area contributed by atoms with Crippen molar-refractivity contribution in [1.29, 1.82) is 0 Å². The predicted octanol–water partition coefficient (Wildman–Crippen LogP) is 4.14. The topological polar surface area (TPSA) is 132 Å². The lowest BCUT2D eigenvalue weighted by Crippen LogP contribution is -2.45. The molecular weight excluding hydrogens is 531 g/mol. The number of carbonyl (C=O) groups is 2. The Hall–Kier alpha value is -4.45. The zero-order chi connectivity index (χ0) is 27.5. The summed E-state index contributed by atoms with van der Waals surface area (Å²) >= 11 is 5.92. The first kappa shape index (κ1) is 26.2. The summed E-state index contributed by atoms with van der Waals surface area (Å²) in [6.07, 6.45) is 4.98. The number of hydrogen-bond donors (Lipinski definition) is 2. The van der Waals surface area contributed by atoms with Gasteiger partial charge in [-0.25, -0.2) is 19.2 Å². The number of carbonyl (C=O) groups excluding carboxylic acids is 1. The van der Waals surface area contributed by atoms with E-state index in [0.717, 1.165) is 6.42 Å². The van der Waals surface area contributed by atoms with Gasteiger partial charge < -0.3 is 24.8 Å². The van der Waals surface area contributed by atoms with E-state index in [0.29, 0.717) is 47.7 Å². The maximum Gasteiger partial charge on any atom is 0.338 e. The Bertz CT molecular complexity index is 1550. The van der Waals surface area contributed by atoms with E-state index >= 15 is 0 Å². The van der Waals surface area contributed by atoms with Crippen LogP contribution in [0, 0.1) is 5.82 Å². The highest BCUT2D eigenvalue weighted by Gasteiger charge is 2.26. The van der Waals surface area contributed by atoms with Crippen molar-refractivity contribution in [3.8, 4) is 11.5 Å². The third-order valence-electron chi connectivity index (χ3n) is 6.33. The number of amides is 1. The molecule has 0 unspecified atom stereocenters. The maximum absolute atomic E-state index is 14.5. The predicted molar refractivity (Wildman–Crippen MR) is 140 cm³/mol. The van der Waals surface area contributed by atoms with Gasteiger partial charge in [0.1, 0.15) is 24.8 Å². The Kier molecular flexibility index (Phi) is 7.46. The summed E-state index contributed by atoms with van der Waals surface area (Å²) in [6.45, 7) is 0.802. The van der Waals surface area contributed by atoms with Crippen LogP contribution < -0.4 is 14.8 Å². The molecule has 1 fully saturated rings. The van der Waals surface area contributed by atoms with Crippen molar-refractivity contribution in [1.82, 2.24) is 24.6 Å². The molecular formula is C26H24ClFN6O5. The fourth-order valence-electron chi connectivity index (χ4n) is 4.38. The summed E-state index contributed by atoms with van der Waals surface area (Å²) in [5.74, 6) is -0.677. The van der Waals surface area contributed by atoms with Gasteiger partial charge in [-0.2, -0.15) is 5.10 Å². The van der Waals surface area contributed by atoms with Crippen LogP contribution >= 0.6 is 11.6 Å². The fourth-order valence-corrected chi connectivity index (χ4v) is 4.56.